The molecule has 0 bridgehead atoms. The van der Waals surface area contributed by atoms with Gasteiger partial charge in [0.2, 0.25) is 5.88 Å². The molecule has 4 heteroatoms. The van der Waals surface area contributed by atoms with Crippen LogP contribution in [0.2, 0.25) is 0 Å². The van der Waals surface area contributed by atoms with Crippen molar-refractivity contribution in [3.8, 4) is 5.88 Å². The highest BCUT2D eigenvalue weighted by Crippen LogP contribution is 2.18. The van der Waals surface area contributed by atoms with Crippen LogP contribution >= 0.6 is 15.9 Å². The fourth-order valence-electron chi connectivity index (χ4n) is 1.99. The summed E-state index contributed by atoms with van der Waals surface area (Å²) in [7, 11) is 0. The smallest absolute Gasteiger partial charge is 0.213 e. The predicted molar refractivity (Wildman–Crippen MR) is 89.4 cm³/mol. The molecule has 1 heterocycles. The number of halogens is 1. The minimum atomic E-state index is 0.308. The molecule has 0 aliphatic rings. The van der Waals surface area contributed by atoms with Gasteiger partial charge < -0.3 is 10.1 Å². The molecule has 1 atom stereocenters. The molecule has 21 heavy (non-hydrogen) atoms. The molecule has 0 saturated heterocycles. The lowest BCUT2D eigenvalue weighted by Gasteiger charge is -2.14. The Morgan fingerprint density at radius 2 is 2.00 bits per heavy atom. The average Bonchev–Trinajstić information content (AvgIpc) is 2.52. The van der Waals surface area contributed by atoms with Crippen molar-refractivity contribution in [2.45, 2.75) is 32.9 Å². The molecule has 0 saturated carbocycles. The maximum absolute atomic E-state index is 5.77. The Morgan fingerprint density at radius 3 is 2.71 bits per heavy atom. The molecule has 0 aliphatic carbocycles. The summed E-state index contributed by atoms with van der Waals surface area (Å²) < 4.78 is 6.84. The molecule has 2 rings (SSSR count). The first-order chi connectivity index (χ1) is 10.2. The van der Waals surface area contributed by atoms with Crippen LogP contribution < -0.4 is 10.1 Å². The Bertz CT molecular complexity index is 557. The van der Waals surface area contributed by atoms with Gasteiger partial charge in [0.1, 0.15) is 6.61 Å². The van der Waals surface area contributed by atoms with E-state index in [1.165, 1.54) is 5.56 Å². The van der Waals surface area contributed by atoms with Crippen LogP contribution in [0.1, 0.15) is 37.4 Å². The number of pyridine rings is 1. The van der Waals surface area contributed by atoms with Crippen molar-refractivity contribution >= 4 is 15.9 Å². The zero-order valence-corrected chi connectivity index (χ0v) is 14.1. The highest BCUT2D eigenvalue weighted by atomic mass is 79.9. The van der Waals surface area contributed by atoms with E-state index < -0.39 is 0 Å². The van der Waals surface area contributed by atoms with E-state index in [2.05, 4.69) is 40.1 Å². The standard InChI is InChI=1S/C17H21BrN2O/c1-3-9-19-13(2)15-8-10-20-17(11-15)21-12-14-4-6-16(18)7-5-14/h4-8,10-11,13,19H,3,9,12H2,1-2H3. The molecule has 1 aromatic carbocycles. The highest BCUT2D eigenvalue weighted by molar-refractivity contribution is 9.10. The SMILES string of the molecule is CCCNC(C)c1ccnc(OCc2ccc(Br)cc2)c1. The third kappa shape index (κ3) is 5.14. The summed E-state index contributed by atoms with van der Waals surface area (Å²) in [6.45, 7) is 5.86. The van der Waals surface area contributed by atoms with Crippen molar-refractivity contribution in [2.75, 3.05) is 6.54 Å². The van der Waals surface area contributed by atoms with E-state index in [0.717, 1.165) is 23.0 Å². The Balaban J connectivity index is 1.95. The fourth-order valence-corrected chi connectivity index (χ4v) is 2.25. The average molecular weight is 349 g/mol. The Kier molecular flexibility index (Phi) is 6.21. The maximum atomic E-state index is 5.77. The van der Waals surface area contributed by atoms with Crippen molar-refractivity contribution in [3.05, 3.63) is 58.2 Å². The lowest BCUT2D eigenvalue weighted by molar-refractivity contribution is 0.293. The first-order valence-corrected chi connectivity index (χ1v) is 8.05. The number of ether oxygens (including phenoxy) is 1. The number of hydrogen-bond acceptors (Lipinski definition) is 3. The minimum Gasteiger partial charge on any atom is -0.473 e. The van der Waals surface area contributed by atoms with Crippen LogP contribution in [-0.2, 0) is 6.61 Å². The van der Waals surface area contributed by atoms with Crippen molar-refractivity contribution in [3.63, 3.8) is 0 Å². The van der Waals surface area contributed by atoms with E-state index in [0.29, 0.717) is 18.5 Å². The van der Waals surface area contributed by atoms with Crippen LogP contribution in [-0.4, -0.2) is 11.5 Å². The van der Waals surface area contributed by atoms with Crippen LogP contribution in [0.15, 0.2) is 47.1 Å². The molecule has 2 aromatic rings. The summed E-state index contributed by atoms with van der Waals surface area (Å²) >= 11 is 3.43. The zero-order valence-electron chi connectivity index (χ0n) is 12.5. The number of nitrogens with zero attached hydrogens (tertiary/aromatic N) is 1. The Hall–Kier alpha value is -1.39. The van der Waals surface area contributed by atoms with Gasteiger partial charge in [0.25, 0.3) is 0 Å². The zero-order chi connectivity index (χ0) is 15.1. The van der Waals surface area contributed by atoms with Crippen molar-refractivity contribution in [2.24, 2.45) is 0 Å². The van der Waals surface area contributed by atoms with Crippen LogP contribution in [0.5, 0.6) is 5.88 Å². The molecule has 112 valence electrons. The normalized spacial score (nSPS) is 12.1. The van der Waals surface area contributed by atoms with Crippen molar-refractivity contribution in [1.82, 2.24) is 10.3 Å². The van der Waals surface area contributed by atoms with Gasteiger partial charge in [0.05, 0.1) is 0 Å². The lowest BCUT2D eigenvalue weighted by Crippen LogP contribution is -2.19. The van der Waals surface area contributed by atoms with E-state index in [4.69, 9.17) is 4.74 Å². The van der Waals surface area contributed by atoms with Gasteiger partial charge in [-0.05, 0) is 49.2 Å². The lowest BCUT2D eigenvalue weighted by atomic mass is 10.1. The van der Waals surface area contributed by atoms with Gasteiger partial charge in [-0.2, -0.15) is 0 Å². The molecule has 1 aromatic heterocycles. The third-order valence-electron chi connectivity index (χ3n) is 3.26. The number of hydrogen-bond donors (Lipinski definition) is 1. The van der Waals surface area contributed by atoms with Gasteiger partial charge in [-0.15, -0.1) is 0 Å². The summed E-state index contributed by atoms with van der Waals surface area (Å²) in [6, 6.07) is 12.5. The summed E-state index contributed by atoms with van der Waals surface area (Å²) in [4.78, 5) is 4.28. The quantitative estimate of drug-likeness (QED) is 0.800. The number of nitrogens with one attached hydrogen (secondary N) is 1. The monoisotopic (exact) mass is 348 g/mol. The Labute approximate surface area is 134 Å². The molecule has 0 spiro atoms. The fraction of sp³-hybridized carbons (Fsp3) is 0.353. The second-order valence-corrected chi connectivity index (χ2v) is 5.93. The second-order valence-electron chi connectivity index (χ2n) is 5.02. The van der Waals surface area contributed by atoms with Crippen LogP contribution in [0.3, 0.4) is 0 Å². The summed E-state index contributed by atoms with van der Waals surface area (Å²) in [5, 5.41) is 3.47. The van der Waals surface area contributed by atoms with Crippen LogP contribution in [0.4, 0.5) is 0 Å². The molecule has 0 amide bonds. The first kappa shape index (κ1) is 16.0. The largest absolute Gasteiger partial charge is 0.473 e. The van der Waals surface area contributed by atoms with E-state index in [1.54, 1.807) is 6.20 Å². The highest BCUT2D eigenvalue weighted by Gasteiger charge is 2.06. The van der Waals surface area contributed by atoms with Gasteiger partial charge in [-0.25, -0.2) is 4.98 Å². The summed E-state index contributed by atoms with van der Waals surface area (Å²) in [5.74, 6) is 0.667. The van der Waals surface area contributed by atoms with Gasteiger partial charge >= 0.3 is 0 Å². The summed E-state index contributed by atoms with van der Waals surface area (Å²) in [5.41, 5.74) is 2.33. The molecular formula is C17H21BrN2O. The Morgan fingerprint density at radius 1 is 1.24 bits per heavy atom. The topological polar surface area (TPSA) is 34.2 Å². The van der Waals surface area contributed by atoms with Crippen LogP contribution in [0, 0.1) is 0 Å². The molecule has 1 unspecified atom stereocenters. The van der Waals surface area contributed by atoms with E-state index in [-0.39, 0.29) is 0 Å². The van der Waals surface area contributed by atoms with Gasteiger partial charge in [-0.3, -0.25) is 0 Å². The van der Waals surface area contributed by atoms with Crippen LogP contribution in [0.25, 0.3) is 0 Å². The number of benzene rings is 1. The maximum Gasteiger partial charge on any atom is 0.213 e. The molecule has 3 nitrogen and oxygen atoms in total. The third-order valence-corrected chi connectivity index (χ3v) is 3.79. The summed E-state index contributed by atoms with van der Waals surface area (Å²) in [6.07, 6.45) is 2.93. The molecule has 0 radical (unpaired) electrons. The van der Waals surface area contributed by atoms with Gasteiger partial charge in [-0.1, -0.05) is 35.0 Å². The number of aromatic nitrogens is 1. The predicted octanol–water partition coefficient (Wildman–Crippen LogP) is 4.48. The van der Waals surface area contributed by atoms with Gasteiger partial charge in [0.15, 0.2) is 0 Å². The van der Waals surface area contributed by atoms with E-state index >= 15 is 0 Å². The molecule has 0 aliphatic heterocycles. The van der Waals surface area contributed by atoms with Crippen molar-refractivity contribution < 1.29 is 4.74 Å². The molecular weight excluding hydrogens is 328 g/mol. The first-order valence-electron chi connectivity index (χ1n) is 7.25. The second kappa shape index (κ2) is 8.15. The van der Waals surface area contributed by atoms with Crippen molar-refractivity contribution in [1.29, 1.82) is 0 Å². The van der Waals surface area contributed by atoms with Gasteiger partial charge in [0, 0.05) is 22.8 Å². The minimum absolute atomic E-state index is 0.308. The molecule has 1 N–H and O–H groups in total. The van der Waals surface area contributed by atoms with E-state index in [1.807, 2.05) is 36.4 Å². The van der Waals surface area contributed by atoms with E-state index in [9.17, 15) is 0 Å². The molecule has 0 fully saturated rings. The number of rotatable bonds is 7.